The third-order valence-corrected chi connectivity index (χ3v) is 4.23. The molecule has 3 heterocycles. The number of aromatic nitrogens is 3. The van der Waals surface area contributed by atoms with Crippen LogP contribution < -0.4 is 4.90 Å². The van der Waals surface area contributed by atoms with Crippen LogP contribution in [0.15, 0.2) is 29.8 Å². The Labute approximate surface area is 127 Å². The van der Waals surface area contributed by atoms with Crippen molar-refractivity contribution in [2.24, 2.45) is 0 Å². The van der Waals surface area contributed by atoms with Gasteiger partial charge in [-0.3, -0.25) is 9.38 Å². The van der Waals surface area contributed by atoms with Gasteiger partial charge in [0.1, 0.15) is 0 Å². The summed E-state index contributed by atoms with van der Waals surface area (Å²) < 4.78 is 1.95. The predicted octanol–water partition coefficient (Wildman–Crippen LogP) is 2.62. The van der Waals surface area contributed by atoms with E-state index in [4.69, 9.17) is 0 Å². The van der Waals surface area contributed by atoms with Crippen LogP contribution in [-0.2, 0) is 13.2 Å². The fourth-order valence-electron chi connectivity index (χ4n) is 2.44. The van der Waals surface area contributed by atoms with Crippen molar-refractivity contribution < 1.29 is 5.11 Å². The molecule has 0 saturated heterocycles. The number of rotatable bonds is 5. The zero-order valence-corrected chi connectivity index (χ0v) is 13.0. The molecule has 6 heteroatoms. The number of nitrogens with zero attached hydrogens (tertiary/aromatic N) is 4. The zero-order valence-electron chi connectivity index (χ0n) is 12.2. The summed E-state index contributed by atoms with van der Waals surface area (Å²) in [4.78, 5) is 12.3. The van der Waals surface area contributed by atoms with Crippen LogP contribution in [0.2, 0.25) is 0 Å². The molecular weight excluding hydrogens is 284 g/mol. The van der Waals surface area contributed by atoms with Crippen molar-refractivity contribution in [2.45, 2.75) is 27.0 Å². The highest BCUT2D eigenvalue weighted by Crippen LogP contribution is 2.25. The maximum atomic E-state index is 9.68. The van der Waals surface area contributed by atoms with Crippen molar-refractivity contribution in [1.29, 1.82) is 0 Å². The summed E-state index contributed by atoms with van der Waals surface area (Å²) in [5.41, 5.74) is 2.86. The normalized spacial score (nSPS) is 11.2. The lowest BCUT2D eigenvalue weighted by Gasteiger charge is -2.21. The average molecular weight is 302 g/mol. The maximum Gasteiger partial charge on any atom is 0.195 e. The fourth-order valence-corrected chi connectivity index (χ4v) is 3.17. The Morgan fingerprint density at radius 3 is 2.90 bits per heavy atom. The first-order valence-electron chi connectivity index (χ1n) is 6.95. The van der Waals surface area contributed by atoms with Crippen molar-refractivity contribution in [3.05, 3.63) is 46.9 Å². The molecule has 0 unspecified atom stereocenters. The molecule has 0 fully saturated rings. The van der Waals surface area contributed by atoms with Crippen molar-refractivity contribution in [1.82, 2.24) is 14.4 Å². The van der Waals surface area contributed by atoms with Gasteiger partial charge in [0.25, 0.3) is 0 Å². The van der Waals surface area contributed by atoms with E-state index in [1.54, 1.807) is 11.3 Å². The molecule has 0 spiro atoms. The zero-order chi connectivity index (χ0) is 14.8. The van der Waals surface area contributed by atoms with Gasteiger partial charge in [-0.15, -0.1) is 11.3 Å². The third kappa shape index (κ3) is 2.64. The van der Waals surface area contributed by atoms with Gasteiger partial charge in [-0.1, -0.05) is 6.07 Å². The van der Waals surface area contributed by atoms with Gasteiger partial charge in [-0.05, 0) is 26.0 Å². The molecule has 0 saturated carbocycles. The number of aliphatic hydroxyl groups is 1. The highest BCUT2D eigenvalue weighted by atomic mass is 32.1. The number of aliphatic hydroxyl groups excluding tert-OH is 1. The fraction of sp³-hybridized carbons (Fsp3) is 0.333. The second kappa shape index (κ2) is 5.83. The monoisotopic (exact) mass is 302 g/mol. The number of aryl methyl sites for hydroxylation is 1. The quantitative estimate of drug-likeness (QED) is 0.787. The van der Waals surface area contributed by atoms with E-state index in [2.05, 4.69) is 21.8 Å². The topological polar surface area (TPSA) is 53.7 Å². The molecule has 3 aromatic heterocycles. The second-order valence-corrected chi connectivity index (χ2v) is 5.75. The lowest BCUT2D eigenvalue weighted by molar-refractivity contribution is 0.276. The van der Waals surface area contributed by atoms with Gasteiger partial charge in [0.2, 0.25) is 0 Å². The van der Waals surface area contributed by atoms with E-state index in [0.29, 0.717) is 6.54 Å². The molecule has 0 bridgehead atoms. The van der Waals surface area contributed by atoms with Gasteiger partial charge in [0, 0.05) is 23.8 Å². The summed E-state index contributed by atoms with van der Waals surface area (Å²) in [6.07, 6.45) is 1.95. The van der Waals surface area contributed by atoms with E-state index in [1.165, 1.54) is 0 Å². The molecule has 21 heavy (non-hydrogen) atoms. The Bertz CT molecular complexity index is 749. The van der Waals surface area contributed by atoms with E-state index in [-0.39, 0.29) is 6.61 Å². The van der Waals surface area contributed by atoms with Crippen molar-refractivity contribution in [3.63, 3.8) is 0 Å². The molecule has 110 valence electrons. The summed E-state index contributed by atoms with van der Waals surface area (Å²) in [6.45, 7) is 5.56. The lowest BCUT2D eigenvalue weighted by Crippen LogP contribution is -2.24. The first-order chi connectivity index (χ1) is 10.2. The van der Waals surface area contributed by atoms with E-state index in [1.807, 2.05) is 41.1 Å². The Morgan fingerprint density at radius 2 is 2.19 bits per heavy atom. The number of thiazole rings is 1. The molecule has 0 atom stereocenters. The molecule has 1 N–H and O–H groups in total. The van der Waals surface area contributed by atoms with Gasteiger partial charge < -0.3 is 10.0 Å². The van der Waals surface area contributed by atoms with Gasteiger partial charge in [-0.2, -0.15) is 0 Å². The standard InChI is InChI=1S/C15H18N4OS/c1-3-18(9-12-6-4-5-11(2)16-12)14-13(10-20)19-7-8-21-15(19)17-14/h4-8,20H,3,9-10H2,1-2H3. The minimum atomic E-state index is -0.0228. The Morgan fingerprint density at radius 1 is 1.33 bits per heavy atom. The van der Waals surface area contributed by atoms with E-state index in [9.17, 15) is 5.11 Å². The molecule has 3 rings (SSSR count). The number of pyridine rings is 1. The summed E-state index contributed by atoms with van der Waals surface area (Å²) in [5.74, 6) is 0.843. The number of imidazole rings is 1. The van der Waals surface area contributed by atoms with Gasteiger partial charge in [0.05, 0.1) is 24.5 Å². The Hall–Kier alpha value is -1.92. The van der Waals surface area contributed by atoms with Crippen LogP contribution in [0, 0.1) is 6.92 Å². The van der Waals surface area contributed by atoms with Crippen LogP contribution in [0.25, 0.3) is 4.96 Å². The second-order valence-electron chi connectivity index (χ2n) is 4.88. The number of hydrogen-bond acceptors (Lipinski definition) is 5. The van der Waals surface area contributed by atoms with Crippen LogP contribution in [-0.4, -0.2) is 26.0 Å². The number of fused-ring (bicyclic) bond motifs is 1. The average Bonchev–Trinajstić information content (AvgIpc) is 3.05. The third-order valence-electron chi connectivity index (χ3n) is 3.47. The van der Waals surface area contributed by atoms with Crippen LogP contribution in [0.5, 0.6) is 0 Å². The first-order valence-corrected chi connectivity index (χ1v) is 7.83. The van der Waals surface area contributed by atoms with E-state index >= 15 is 0 Å². The molecule has 5 nitrogen and oxygen atoms in total. The number of hydrogen-bond donors (Lipinski definition) is 1. The lowest BCUT2D eigenvalue weighted by atomic mass is 10.3. The first kappa shape index (κ1) is 14.0. The summed E-state index contributed by atoms with van der Waals surface area (Å²) in [5, 5.41) is 11.7. The highest BCUT2D eigenvalue weighted by molar-refractivity contribution is 7.15. The van der Waals surface area contributed by atoms with Crippen molar-refractivity contribution in [2.75, 3.05) is 11.4 Å². The molecule has 0 amide bonds. The summed E-state index contributed by atoms with van der Waals surface area (Å²) >= 11 is 1.57. The van der Waals surface area contributed by atoms with Crippen LogP contribution >= 0.6 is 11.3 Å². The predicted molar refractivity (Wildman–Crippen MR) is 84.7 cm³/mol. The van der Waals surface area contributed by atoms with Crippen LogP contribution in [0.4, 0.5) is 5.82 Å². The highest BCUT2D eigenvalue weighted by Gasteiger charge is 2.18. The smallest absolute Gasteiger partial charge is 0.195 e. The molecule has 3 aromatic rings. The van der Waals surface area contributed by atoms with Crippen molar-refractivity contribution >= 4 is 22.1 Å². The maximum absolute atomic E-state index is 9.68. The van der Waals surface area contributed by atoms with Crippen LogP contribution in [0.1, 0.15) is 24.0 Å². The molecule has 0 radical (unpaired) electrons. The van der Waals surface area contributed by atoms with Gasteiger partial charge >= 0.3 is 0 Å². The molecular formula is C15H18N4OS. The van der Waals surface area contributed by atoms with E-state index in [0.717, 1.165) is 34.4 Å². The molecule has 0 aliphatic heterocycles. The van der Waals surface area contributed by atoms with Gasteiger partial charge in [-0.25, -0.2) is 4.98 Å². The van der Waals surface area contributed by atoms with E-state index < -0.39 is 0 Å². The largest absolute Gasteiger partial charge is 0.390 e. The molecule has 0 aliphatic rings. The Balaban J connectivity index is 1.96. The molecule has 0 aromatic carbocycles. The summed E-state index contributed by atoms with van der Waals surface area (Å²) in [6, 6.07) is 6.03. The van der Waals surface area contributed by atoms with Crippen molar-refractivity contribution in [3.8, 4) is 0 Å². The summed E-state index contributed by atoms with van der Waals surface area (Å²) in [7, 11) is 0. The number of anilines is 1. The minimum Gasteiger partial charge on any atom is -0.390 e. The Kier molecular flexibility index (Phi) is 3.90. The minimum absolute atomic E-state index is 0.0228. The van der Waals surface area contributed by atoms with Crippen LogP contribution in [0.3, 0.4) is 0 Å². The SMILES string of the molecule is CCN(Cc1cccc(C)n1)c1nc2sccn2c1CO. The van der Waals surface area contributed by atoms with Gasteiger partial charge in [0.15, 0.2) is 10.8 Å². The molecule has 0 aliphatic carbocycles.